The number of ether oxygens (including phenoxy) is 1. The summed E-state index contributed by atoms with van der Waals surface area (Å²) in [5.41, 5.74) is 3.28. The number of benzene rings is 1. The molecule has 0 atom stereocenters. The maximum absolute atomic E-state index is 12.8. The highest BCUT2D eigenvalue weighted by atomic mass is 79.9. The van der Waals surface area contributed by atoms with Crippen LogP contribution in [0.3, 0.4) is 0 Å². The minimum atomic E-state index is -0.660. The molecular formula is C22H17BrN4O3S. The summed E-state index contributed by atoms with van der Waals surface area (Å²) < 4.78 is 8.16. The van der Waals surface area contributed by atoms with Gasteiger partial charge in [-0.1, -0.05) is 22.0 Å². The van der Waals surface area contributed by atoms with Crippen LogP contribution in [-0.4, -0.2) is 37.9 Å². The number of esters is 1. The van der Waals surface area contributed by atoms with Gasteiger partial charge in [0, 0.05) is 44.9 Å². The zero-order valence-corrected chi connectivity index (χ0v) is 19.1. The van der Waals surface area contributed by atoms with Crippen molar-refractivity contribution in [2.24, 2.45) is 0 Å². The van der Waals surface area contributed by atoms with E-state index in [1.807, 2.05) is 42.7 Å². The minimum absolute atomic E-state index is 0.125. The Balaban J connectivity index is 1.46. The normalized spacial score (nSPS) is 10.8. The standard InChI is InChI=1S/C22H17BrN4O3S/c1-13-9-17(14(2)27(13)16-6-3-5-15(23)10-16)19(28)11-30-22(29)18-12-31-21(26-18)20-24-7-4-8-25-20/h3-10,12H,11H2,1-2H3. The third-order valence-corrected chi connectivity index (χ3v) is 5.93. The fourth-order valence-electron chi connectivity index (χ4n) is 3.22. The van der Waals surface area contributed by atoms with E-state index in [1.165, 1.54) is 11.3 Å². The van der Waals surface area contributed by atoms with Crippen molar-refractivity contribution < 1.29 is 14.3 Å². The van der Waals surface area contributed by atoms with Crippen LogP contribution in [0.2, 0.25) is 0 Å². The molecule has 31 heavy (non-hydrogen) atoms. The van der Waals surface area contributed by atoms with Gasteiger partial charge in [-0.25, -0.2) is 19.7 Å². The lowest BCUT2D eigenvalue weighted by Crippen LogP contribution is -2.15. The van der Waals surface area contributed by atoms with Crippen LogP contribution in [-0.2, 0) is 4.74 Å². The van der Waals surface area contributed by atoms with Crippen molar-refractivity contribution in [1.82, 2.24) is 19.5 Å². The largest absolute Gasteiger partial charge is 0.453 e. The zero-order valence-electron chi connectivity index (χ0n) is 16.7. The molecule has 4 rings (SSSR count). The van der Waals surface area contributed by atoms with E-state index in [1.54, 1.807) is 29.9 Å². The average Bonchev–Trinajstić information content (AvgIpc) is 3.37. The molecule has 0 amide bonds. The highest BCUT2D eigenvalue weighted by Crippen LogP contribution is 2.24. The van der Waals surface area contributed by atoms with E-state index >= 15 is 0 Å². The first-order chi connectivity index (χ1) is 14.9. The van der Waals surface area contributed by atoms with Crippen LogP contribution in [0, 0.1) is 13.8 Å². The number of carbonyl (C=O) groups is 2. The molecule has 0 aliphatic carbocycles. The van der Waals surface area contributed by atoms with Crippen LogP contribution in [0.5, 0.6) is 0 Å². The van der Waals surface area contributed by atoms with Crippen molar-refractivity contribution in [1.29, 1.82) is 0 Å². The molecule has 0 unspecified atom stereocenters. The van der Waals surface area contributed by atoms with Gasteiger partial charge in [0.25, 0.3) is 0 Å². The predicted octanol–water partition coefficient (Wildman–Crippen LogP) is 4.81. The van der Waals surface area contributed by atoms with Crippen LogP contribution in [0.25, 0.3) is 16.5 Å². The van der Waals surface area contributed by atoms with E-state index < -0.39 is 5.97 Å². The molecule has 3 aromatic heterocycles. The van der Waals surface area contributed by atoms with Crippen molar-refractivity contribution in [2.45, 2.75) is 13.8 Å². The maximum atomic E-state index is 12.8. The molecule has 0 saturated carbocycles. The number of hydrogen-bond donors (Lipinski definition) is 0. The number of ketones is 1. The van der Waals surface area contributed by atoms with Gasteiger partial charge in [-0.3, -0.25) is 4.79 Å². The zero-order chi connectivity index (χ0) is 22.0. The van der Waals surface area contributed by atoms with Crippen LogP contribution in [0.1, 0.15) is 32.2 Å². The van der Waals surface area contributed by atoms with Gasteiger partial charge in [0.1, 0.15) is 0 Å². The first-order valence-electron chi connectivity index (χ1n) is 9.32. The molecule has 3 heterocycles. The molecule has 1 aromatic carbocycles. The second-order valence-corrected chi connectivity index (χ2v) is 8.48. The van der Waals surface area contributed by atoms with Crippen LogP contribution in [0.4, 0.5) is 0 Å². The van der Waals surface area contributed by atoms with Crippen molar-refractivity contribution in [2.75, 3.05) is 6.61 Å². The van der Waals surface area contributed by atoms with Crippen molar-refractivity contribution in [3.63, 3.8) is 0 Å². The number of nitrogens with zero attached hydrogens (tertiary/aromatic N) is 4. The average molecular weight is 497 g/mol. The summed E-state index contributed by atoms with van der Waals surface area (Å²) in [6, 6.07) is 11.3. The van der Waals surface area contributed by atoms with Gasteiger partial charge >= 0.3 is 5.97 Å². The molecular weight excluding hydrogens is 480 g/mol. The number of carbonyl (C=O) groups excluding carboxylic acids is 2. The summed E-state index contributed by atoms with van der Waals surface area (Å²) in [7, 11) is 0. The third-order valence-electron chi connectivity index (χ3n) is 4.60. The molecule has 0 aliphatic heterocycles. The van der Waals surface area contributed by atoms with Gasteiger partial charge in [0.2, 0.25) is 5.78 Å². The van der Waals surface area contributed by atoms with Crippen molar-refractivity contribution in [3.8, 4) is 16.5 Å². The predicted molar refractivity (Wildman–Crippen MR) is 121 cm³/mol. The van der Waals surface area contributed by atoms with Gasteiger partial charge in [0.15, 0.2) is 23.1 Å². The summed E-state index contributed by atoms with van der Waals surface area (Å²) in [4.78, 5) is 37.6. The van der Waals surface area contributed by atoms with Crippen LogP contribution < -0.4 is 0 Å². The fourth-order valence-corrected chi connectivity index (χ4v) is 4.34. The summed E-state index contributed by atoms with van der Waals surface area (Å²) in [5.74, 6) is -0.500. The van der Waals surface area contributed by atoms with Gasteiger partial charge in [-0.05, 0) is 44.2 Å². The molecule has 9 heteroatoms. The Hall–Kier alpha value is -3.17. The van der Waals surface area contributed by atoms with E-state index in [2.05, 4.69) is 30.9 Å². The fraction of sp³-hybridized carbons (Fsp3) is 0.136. The Kier molecular flexibility index (Phi) is 6.06. The van der Waals surface area contributed by atoms with Crippen LogP contribution >= 0.6 is 27.3 Å². The molecule has 4 aromatic rings. The van der Waals surface area contributed by atoms with Gasteiger partial charge in [-0.2, -0.15) is 0 Å². The summed E-state index contributed by atoms with van der Waals surface area (Å²) in [5, 5.41) is 2.08. The molecule has 7 nitrogen and oxygen atoms in total. The molecule has 0 saturated heterocycles. The molecule has 0 fully saturated rings. The Morgan fingerprint density at radius 2 is 1.90 bits per heavy atom. The Morgan fingerprint density at radius 3 is 2.65 bits per heavy atom. The lowest BCUT2D eigenvalue weighted by Gasteiger charge is -2.10. The highest BCUT2D eigenvalue weighted by molar-refractivity contribution is 9.10. The number of aryl methyl sites for hydroxylation is 1. The van der Waals surface area contributed by atoms with Crippen molar-refractivity contribution in [3.05, 3.63) is 81.3 Å². The van der Waals surface area contributed by atoms with Gasteiger partial charge in [0.05, 0.1) is 0 Å². The summed E-state index contributed by atoms with van der Waals surface area (Å²) in [6.45, 7) is 3.44. The number of aromatic nitrogens is 4. The first kappa shape index (κ1) is 21.1. The molecule has 0 N–H and O–H groups in total. The van der Waals surface area contributed by atoms with E-state index in [0.717, 1.165) is 21.5 Å². The minimum Gasteiger partial charge on any atom is -0.453 e. The van der Waals surface area contributed by atoms with Crippen LogP contribution in [0.15, 0.2) is 58.6 Å². The second-order valence-electron chi connectivity index (χ2n) is 6.71. The Morgan fingerprint density at radius 1 is 1.13 bits per heavy atom. The molecule has 0 bridgehead atoms. The topological polar surface area (TPSA) is 87.0 Å². The Labute approximate surface area is 190 Å². The number of halogens is 1. The van der Waals surface area contributed by atoms with Gasteiger partial charge in [-0.15, -0.1) is 11.3 Å². The lowest BCUT2D eigenvalue weighted by molar-refractivity contribution is 0.0469. The number of hydrogen-bond acceptors (Lipinski definition) is 7. The summed E-state index contributed by atoms with van der Waals surface area (Å²) in [6.07, 6.45) is 3.20. The SMILES string of the molecule is Cc1cc(C(=O)COC(=O)c2csc(-c3ncccn3)n2)c(C)n1-c1cccc(Br)c1. The van der Waals surface area contributed by atoms with Crippen molar-refractivity contribution >= 4 is 39.0 Å². The third kappa shape index (κ3) is 4.47. The van der Waals surface area contributed by atoms with E-state index in [0.29, 0.717) is 16.4 Å². The highest BCUT2D eigenvalue weighted by Gasteiger charge is 2.20. The van der Waals surface area contributed by atoms with E-state index in [9.17, 15) is 9.59 Å². The second kappa shape index (κ2) is 8.91. The number of thiazole rings is 1. The van der Waals surface area contributed by atoms with E-state index in [4.69, 9.17) is 4.74 Å². The van der Waals surface area contributed by atoms with Gasteiger partial charge < -0.3 is 9.30 Å². The maximum Gasteiger partial charge on any atom is 0.358 e. The molecule has 156 valence electrons. The molecule has 0 aliphatic rings. The smallest absolute Gasteiger partial charge is 0.358 e. The quantitative estimate of drug-likeness (QED) is 0.281. The first-order valence-corrected chi connectivity index (χ1v) is 11.0. The molecule has 0 radical (unpaired) electrons. The molecule has 0 spiro atoms. The Bertz CT molecular complexity index is 1270. The number of Topliss-reactive ketones (excluding diaryl/α,β-unsaturated/α-hetero) is 1. The van der Waals surface area contributed by atoms with E-state index in [-0.39, 0.29) is 18.1 Å². The number of rotatable bonds is 6. The lowest BCUT2D eigenvalue weighted by atomic mass is 10.1. The summed E-state index contributed by atoms with van der Waals surface area (Å²) >= 11 is 4.71. The monoisotopic (exact) mass is 496 g/mol.